The average molecular weight is 417 g/mol. The molecule has 2 amide bonds. The molecule has 0 unspecified atom stereocenters. The Labute approximate surface area is 136 Å². The molecule has 0 atom stereocenters. The van der Waals surface area contributed by atoms with Gasteiger partial charge in [-0.05, 0) is 37.4 Å². The van der Waals surface area contributed by atoms with Crippen LogP contribution in [0.15, 0.2) is 33.2 Å². The Morgan fingerprint density at radius 1 is 0.950 bits per heavy atom. The maximum atomic E-state index is 11.9. The Hall–Kier alpha value is -0.723. The Kier molecular flexibility index (Phi) is 4.37. The van der Waals surface area contributed by atoms with Crippen LogP contribution in [0.5, 0.6) is 0 Å². The molecule has 0 N–H and O–H groups in total. The van der Waals surface area contributed by atoms with Crippen LogP contribution in [0, 0.1) is 0 Å². The van der Waals surface area contributed by atoms with E-state index in [1.165, 1.54) is 10.1 Å². The number of hydrogen-bond acceptors (Lipinski definition) is 2. The van der Waals surface area contributed by atoms with Crippen molar-refractivity contribution in [2.45, 2.75) is 26.2 Å². The zero-order chi connectivity index (χ0) is 15.1. The third kappa shape index (κ3) is 2.97. The summed E-state index contributed by atoms with van der Waals surface area (Å²) >= 11 is 6.25. The van der Waals surface area contributed by atoms with Crippen LogP contribution in [-0.4, -0.2) is 24.8 Å². The van der Waals surface area contributed by atoms with E-state index in [-0.39, 0.29) is 11.8 Å². The van der Waals surface area contributed by atoms with Crippen molar-refractivity contribution in [2.75, 3.05) is 0 Å². The molecule has 0 radical (unpaired) electrons. The summed E-state index contributed by atoms with van der Waals surface area (Å²) in [4.78, 5) is 25.1. The zero-order valence-electron chi connectivity index (χ0n) is 11.5. The van der Waals surface area contributed by atoms with Gasteiger partial charge in [-0.15, -0.1) is 0 Å². The first-order chi connectivity index (χ1) is 9.21. The van der Waals surface area contributed by atoms with E-state index in [4.69, 9.17) is 0 Å². The minimum atomic E-state index is -1.32. The highest BCUT2D eigenvalue weighted by molar-refractivity contribution is 9.14. The standard InChI is InChI=1S/C14H15Br2NO2Si/c1-20(2,3)10-6-4-9(5-7-10)8-17-13(18)11(15)12(16)14(17)19/h4-7H,8H2,1-3H3. The monoisotopic (exact) mass is 415 g/mol. The SMILES string of the molecule is C[Si](C)(C)c1ccc(CN2C(=O)C(Br)=C(Br)C2=O)cc1. The van der Waals surface area contributed by atoms with Crippen molar-refractivity contribution in [1.82, 2.24) is 4.90 Å². The first kappa shape index (κ1) is 15.7. The number of amides is 2. The molecule has 2 rings (SSSR count). The lowest BCUT2D eigenvalue weighted by Crippen LogP contribution is -2.37. The van der Waals surface area contributed by atoms with Crippen molar-refractivity contribution in [3.63, 3.8) is 0 Å². The number of carbonyl (C=O) groups excluding carboxylic acids is 2. The van der Waals surface area contributed by atoms with E-state index < -0.39 is 8.07 Å². The third-order valence-corrected chi connectivity index (χ3v) is 7.29. The molecule has 106 valence electrons. The largest absolute Gasteiger partial charge is 0.269 e. The molecule has 0 bridgehead atoms. The number of imide groups is 1. The summed E-state index contributed by atoms with van der Waals surface area (Å²) < 4.78 is 0.586. The van der Waals surface area contributed by atoms with Crippen LogP contribution in [0.25, 0.3) is 0 Å². The van der Waals surface area contributed by atoms with Crippen molar-refractivity contribution in [2.24, 2.45) is 0 Å². The minimum Gasteiger partial charge on any atom is -0.269 e. The molecule has 1 aromatic carbocycles. The van der Waals surface area contributed by atoms with Gasteiger partial charge in [0.2, 0.25) is 0 Å². The number of halogens is 2. The van der Waals surface area contributed by atoms with Crippen LogP contribution in [-0.2, 0) is 16.1 Å². The van der Waals surface area contributed by atoms with Crippen molar-refractivity contribution < 1.29 is 9.59 Å². The smallest absolute Gasteiger partial charge is 0.269 e. The summed E-state index contributed by atoms with van der Waals surface area (Å²) in [5, 5.41) is 1.36. The van der Waals surface area contributed by atoms with E-state index in [1.54, 1.807) is 0 Å². The highest BCUT2D eigenvalue weighted by Crippen LogP contribution is 2.30. The van der Waals surface area contributed by atoms with Crippen LogP contribution < -0.4 is 5.19 Å². The number of carbonyl (C=O) groups is 2. The van der Waals surface area contributed by atoms with E-state index in [1.807, 2.05) is 12.1 Å². The van der Waals surface area contributed by atoms with E-state index >= 15 is 0 Å². The van der Waals surface area contributed by atoms with E-state index in [9.17, 15) is 9.59 Å². The van der Waals surface area contributed by atoms with Gasteiger partial charge in [-0.25, -0.2) is 0 Å². The molecular weight excluding hydrogens is 402 g/mol. The summed E-state index contributed by atoms with van der Waals surface area (Å²) in [5.41, 5.74) is 0.955. The molecule has 0 aliphatic carbocycles. The normalized spacial score (nSPS) is 16.4. The van der Waals surface area contributed by atoms with Crippen molar-refractivity contribution in [3.8, 4) is 0 Å². The second kappa shape index (κ2) is 5.58. The number of hydrogen-bond donors (Lipinski definition) is 0. The Morgan fingerprint density at radius 2 is 1.40 bits per heavy atom. The van der Waals surface area contributed by atoms with Gasteiger partial charge in [-0.1, -0.05) is 49.1 Å². The van der Waals surface area contributed by atoms with Gasteiger partial charge in [0.15, 0.2) is 0 Å². The first-order valence-electron chi connectivity index (χ1n) is 6.22. The second-order valence-electron chi connectivity index (χ2n) is 5.77. The summed E-state index contributed by atoms with van der Waals surface area (Å²) in [7, 11) is -1.32. The maximum absolute atomic E-state index is 11.9. The molecule has 0 fully saturated rings. The molecule has 0 saturated carbocycles. The van der Waals surface area contributed by atoms with Crippen LogP contribution in [0.2, 0.25) is 19.6 Å². The third-order valence-electron chi connectivity index (χ3n) is 3.22. The average Bonchev–Trinajstić information content (AvgIpc) is 2.56. The van der Waals surface area contributed by atoms with Crippen LogP contribution >= 0.6 is 31.9 Å². The van der Waals surface area contributed by atoms with Gasteiger partial charge in [0.1, 0.15) is 8.96 Å². The van der Waals surface area contributed by atoms with E-state index in [2.05, 4.69) is 63.6 Å². The summed E-state index contributed by atoms with van der Waals surface area (Å²) in [6.45, 7) is 7.16. The predicted octanol–water partition coefficient (Wildman–Crippen LogP) is 3.10. The predicted molar refractivity (Wildman–Crippen MR) is 89.9 cm³/mol. The molecule has 1 aliphatic rings. The maximum Gasteiger partial charge on any atom is 0.269 e. The fourth-order valence-electron chi connectivity index (χ4n) is 1.95. The van der Waals surface area contributed by atoms with Gasteiger partial charge < -0.3 is 0 Å². The molecule has 0 spiro atoms. The van der Waals surface area contributed by atoms with E-state index in [0.29, 0.717) is 15.5 Å². The van der Waals surface area contributed by atoms with Gasteiger partial charge in [-0.3, -0.25) is 14.5 Å². The quantitative estimate of drug-likeness (QED) is 0.560. The first-order valence-corrected chi connectivity index (χ1v) is 11.3. The molecular formula is C14H15Br2NO2Si. The summed E-state index contributed by atoms with van der Waals surface area (Å²) in [6.07, 6.45) is 0. The van der Waals surface area contributed by atoms with Gasteiger partial charge in [-0.2, -0.15) is 0 Å². The molecule has 3 nitrogen and oxygen atoms in total. The lowest BCUT2D eigenvalue weighted by Gasteiger charge is -2.18. The Balaban J connectivity index is 2.17. The number of nitrogens with zero attached hydrogens (tertiary/aromatic N) is 1. The fraction of sp³-hybridized carbons (Fsp3) is 0.286. The van der Waals surface area contributed by atoms with Crippen LogP contribution in [0.1, 0.15) is 5.56 Å². The van der Waals surface area contributed by atoms with Crippen molar-refractivity contribution in [3.05, 3.63) is 38.8 Å². The van der Waals surface area contributed by atoms with Gasteiger partial charge in [0.25, 0.3) is 11.8 Å². The highest BCUT2D eigenvalue weighted by atomic mass is 79.9. The fourth-order valence-corrected chi connectivity index (χ4v) is 3.89. The molecule has 20 heavy (non-hydrogen) atoms. The summed E-state index contributed by atoms with van der Waals surface area (Å²) in [6, 6.07) is 8.19. The minimum absolute atomic E-state index is 0.293. The van der Waals surface area contributed by atoms with Gasteiger partial charge in [0.05, 0.1) is 14.6 Å². The molecule has 1 aromatic rings. The van der Waals surface area contributed by atoms with E-state index in [0.717, 1.165) is 5.56 Å². The van der Waals surface area contributed by atoms with Gasteiger partial charge >= 0.3 is 0 Å². The molecule has 0 saturated heterocycles. The number of benzene rings is 1. The lowest BCUT2D eigenvalue weighted by atomic mass is 10.2. The Bertz CT molecular complexity index is 579. The zero-order valence-corrected chi connectivity index (χ0v) is 15.7. The second-order valence-corrected chi connectivity index (χ2v) is 12.4. The molecule has 6 heteroatoms. The van der Waals surface area contributed by atoms with Crippen molar-refractivity contribution in [1.29, 1.82) is 0 Å². The molecule has 0 aromatic heterocycles. The van der Waals surface area contributed by atoms with Crippen LogP contribution in [0.3, 0.4) is 0 Å². The topological polar surface area (TPSA) is 37.4 Å². The van der Waals surface area contributed by atoms with Crippen molar-refractivity contribution >= 4 is 56.9 Å². The molecule has 1 aliphatic heterocycles. The number of rotatable bonds is 3. The Morgan fingerprint density at radius 3 is 1.80 bits per heavy atom. The van der Waals surface area contributed by atoms with Crippen LogP contribution in [0.4, 0.5) is 0 Å². The molecule has 1 heterocycles. The lowest BCUT2D eigenvalue weighted by molar-refractivity contribution is -0.137. The van der Waals surface area contributed by atoms with Gasteiger partial charge in [0, 0.05) is 0 Å². The summed E-state index contributed by atoms with van der Waals surface area (Å²) in [5.74, 6) is -0.590. The highest BCUT2D eigenvalue weighted by Gasteiger charge is 2.35.